The lowest BCUT2D eigenvalue weighted by molar-refractivity contribution is -0.153. The molecule has 2 saturated heterocycles. The third-order valence-corrected chi connectivity index (χ3v) is 19.0. The minimum absolute atomic E-state index is 0.0192. The predicted molar refractivity (Wildman–Crippen MR) is 374 cm³/mol. The summed E-state index contributed by atoms with van der Waals surface area (Å²) in [7, 11) is 6.11. The lowest BCUT2D eigenvalue weighted by atomic mass is 9.84. The van der Waals surface area contributed by atoms with Gasteiger partial charge in [-0.3, -0.25) is 57.5 Å². The van der Waals surface area contributed by atoms with Crippen LogP contribution in [0.15, 0.2) is 30.3 Å². The van der Waals surface area contributed by atoms with Gasteiger partial charge < -0.3 is 102 Å². The van der Waals surface area contributed by atoms with Crippen molar-refractivity contribution < 1.29 is 101 Å². The summed E-state index contributed by atoms with van der Waals surface area (Å²) in [6.45, 7) is 11.9. The van der Waals surface area contributed by atoms with Crippen LogP contribution in [0.3, 0.4) is 0 Å². The zero-order chi connectivity index (χ0) is 76.0. The van der Waals surface area contributed by atoms with Gasteiger partial charge in [0.15, 0.2) is 0 Å². The molecule has 3 unspecified atom stereocenters. The number of ether oxygens (including phenoxy) is 6. The molecule has 2 aliphatic rings. The van der Waals surface area contributed by atoms with Crippen molar-refractivity contribution in [1.29, 1.82) is 0 Å². The highest BCUT2D eigenvalue weighted by Gasteiger charge is 2.50. The molecule has 102 heavy (non-hydrogen) atoms. The van der Waals surface area contributed by atoms with Gasteiger partial charge in [-0.05, 0) is 55.4 Å². The molecule has 11 amide bonds. The van der Waals surface area contributed by atoms with Gasteiger partial charge in [0.2, 0.25) is 65.0 Å². The van der Waals surface area contributed by atoms with E-state index in [1.807, 2.05) is 13.0 Å². The fraction of sp³-hybridized carbons (Fsp3) is 0.721. The SMILES string of the molecule is CO[C@H]([C@@H](C)C(=O)N[C@@H](Cc1ccccc1)C(=O)O)[C@@H]1CCC2C[C@H](C)[C@H](N(C)C(=O)[C@@H](NC(=O)[C@H](C(C)C)N(C)C(=O)CCCCCNC(=O)C(CC(=O)O)SCC(NC(=O)CCOCCOCCOCCOCCNC(=O)CNC(=O)CNC(=O)CN)C(N)=O)C(C)C)[C@H](OC)CC(=O)N21. The van der Waals surface area contributed by atoms with Crippen LogP contribution in [0.2, 0.25) is 0 Å². The number of likely N-dealkylation sites (N-methyl/N-ethyl adjacent to an activating group) is 2. The Morgan fingerprint density at radius 3 is 1.85 bits per heavy atom. The highest BCUT2D eigenvalue weighted by atomic mass is 32.2. The van der Waals surface area contributed by atoms with E-state index in [1.165, 1.54) is 26.2 Å². The van der Waals surface area contributed by atoms with E-state index in [0.29, 0.717) is 38.5 Å². The number of carboxylic acids is 2. The maximum atomic E-state index is 14.8. The van der Waals surface area contributed by atoms with Crippen molar-refractivity contribution in [3.63, 3.8) is 0 Å². The minimum Gasteiger partial charge on any atom is -0.481 e. The summed E-state index contributed by atoms with van der Waals surface area (Å²) in [5.41, 5.74) is 11.4. The first kappa shape index (κ1) is 88.6. The molecule has 3 rings (SSSR count). The van der Waals surface area contributed by atoms with Crippen LogP contribution in [0.5, 0.6) is 0 Å². The molecule has 0 saturated carbocycles. The molecule has 2 fully saturated rings. The molecule has 1 aromatic rings. The van der Waals surface area contributed by atoms with E-state index < -0.39 is 137 Å². The fourth-order valence-corrected chi connectivity index (χ4v) is 13.5. The lowest BCUT2D eigenvalue weighted by Gasteiger charge is -2.45. The predicted octanol–water partition coefficient (Wildman–Crippen LogP) is -1.31. The molecule has 33 nitrogen and oxygen atoms in total. The van der Waals surface area contributed by atoms with Gasteiger partial charge in [0, 0.05) is 72.5 Å². The number of thioether (sulfide) groups is 1. The number of amides is 11. The Balaban J connectivity index is 1.42. The van der Waals surface area contributed by atoms with Crippen LogP contribution < -0.4 is 48.7 Å². The number of hydrogen-bond acceptors (Lipinski definition) is 21. The number of benzene rings is 1. The molecule has 34 heteroatoms. The third kappa shape index (κ3) is 31.2. The van der Waals surface area contributed by atoms with E-state index in [9.17, 15) is 72.5 Å². The Labute approximate surface area is 601 Å². The molecule has 0 aliphatic carbocycles. The molecule has 576 valence electrons. The van der Waals surface area contributed by atoms with Crippen LogP contribution in [-0.4, -0.2) is 281 Å². The summed E-state index contributed by atoms with van der Waals surface area (Å²) < 4.78 is 33.7. The maximum absolute atomic E-state index is 14.8. The number of methoxy groups -OCH3 is 2. The molecular formula is C68H112N12O21S. The topological polar surface area (TPSA) is 464 Å². The molecule has 0 aromatic heterocycles. The number of carboxylic acid groups (broad SMARTS) is 2. The van der Waals surface area contributed by atoms with Crippen molar-refractivity contribution in [2.75, 3.05) is 120 Å². The van der Waals surface area contributed by atoms with Crippen molar-refractivity contribution in [2.24, 2.45) is 35.1 Å². The van der Waals surface area contributed by atoms with Gasteiger partial charge >= 0.3 is 11.9 Å². The number of nitrogens with one attached hydrogen (secondary N) is 7. The maximum Gasteiger partial charge on any atom is 0.326 e. The molecule has 13 N–H and O–H groups in total. The van der Waals surface area contributed by atoms with Gasteiger partial charge in [-0.15, -0.1) is 11.8 Å². The molecule has 0 radical (unpaired) electrons. The molecule has 0 bridgehead atoms. The van der Waals surface area contributed by atoms with Crippen molar-refractivity contribution in [3.05, 3.63) is 35.9 Å². The average Bonchev–Trinajstić information content (AvgIpc) is 1.58. The third-order valence-electron chi connectivity index (χ3n) is 17.7. The van der Waals surface area contributed by atoms with E-state index >= 15 is 0 Å². The highest BCUT2D eigenvalue weighted by Crippen LogP contribution is 2.39. The van der Waals surface area contributed by atoms with E-state index in [-0.39, 0.29) is 147 Å². The second kappa shape index (κ2) is 47.6. The van der Waals surface area contributed by atoms with Crippen molar-refractivity contribution >= 4 is 88.7 Å². The van der Waals surface area contributed by atoms with E-state index in [2.05, 4.69) is 37.2 Å². The quantitative estimate of drug-likeness (QED) is 0.0338. The smallest absolute Gasteiger partial charge is 0.326 e. The first-order valence-corrected chi connectivity index (χ1v) is 35.8. The number of nitrogens with zero attached hydrogens (tertiary/aromatic N) is 3. The van der Waals surface area contributed by atoms with Crippen molar-refractivity contribution in [1.82, 2.24) is 51.9 Å². The Morgan fingerprint density at radius 1 is 0.676 bits per heavy atom. The molecule has 2 heterocycles. The monoisotopic (exact) mass is 1460 g/mol. The summed E-state index contributed by atoms with van der Waals surface area (Å²) in [6, 6.07) is 3.15. The van der Waals surface area contributed by atoms with Gasteiger partial charge in [-0.25, -0.2) is 4.79 Å². The Bertz CT molecular complexity index is 2860. The van der Waals surface area contributed by atoms with Crippen LogP contribution >= 0.6 is 11.8 Å². The van der Waals surface area contributed by atoms with Crippen molar-refractivity contribution in [2.45, 2.75) is 172 Å². The van der Waals surface area contributed by atoms with Gasteiger partial charge in [0.1, 0.15) is 24.2 Å². The Morgan fingerprint density at radius 2 is 1.28 bits per heavy atom. The molecule has 0 spiro atoms. The number of aliphatic carboxylic acids is 2. The summed E-state index contributed by atoms with van der Waals surface area (Å²) >= 11 is 0.843. The van der Waals surface area contributed by atoms with Gasteiger partial charge in [-0.2, -0.15) is 0 Å². The number of carbonyl (C=O) groups is 13. The zero-order valence-electron chi connectivity index (χ0n) is 60.7. The van der Waals surface area contributed by atoms with E-state index in [1.54, 1.807) is 75.7 Å². The Hall–Kier alpha value is -7.60. The molecular weight excluding hydrogens is 1350 g/mol. The largest absolute Gasteiger partial charge is 0.481 e. The second-order valence-electron chi connectivity index (χ2n) is 26.1. The fourth-order valence-electron chi connectivity index (χ4n) is 12.3. The summed E-state index contributed by atoms with van der Waals surface area (Å²) in [4.78, 5) is 173. The molecule has 12 atom stereocenters. The van der Waals surface area contributed by atoms with Gasteiger partial charge in [0.05, 0.1) is 121 Å². The van der Waals surface area contributed by atoms with Crippen LogP contribution in [0.25, 0.3) is 0 Å². The lowest BCUT2D eigenvalue weighted by Crippen LogP contribution is -2.61. The first-order valence-electron chi connectivity index (χ1n) is 34.7. The number of primary amides is 1. The summed E-state index contributed by atoms with van der Waals surface area (Å²) in [5.74, 6) is -10.1. The van der Waals surface area contributed by atoms with Gasteiger partial charge in [-0.1, -0.05) is 78.3 Å². The number of carbonyl (C=O) groups excluding carboxylic acids is 11. The van der Waals surface area contributed by atoms with E-state index in [0.717, 1.165) is 17.3 Å². The summed E-state index contributed by atoms with van der Waals surface area (Å²) in [5, 5.41) is 36.6. The second-order valence-corrected chi connectivity index (χ2v) is 27.3. The van der Waals surface area contributed by atoms with Crippen LogP contribution in [0, 0.1) is 23.7 Å². The van der Waals surface area contributed by atoms with Gasteiger partial charge in [0.25, 0.3) is 0 Å². The number of hydrogen-bond donors (Lipinski definition) is 11. The number of unbranched alkanes of at least 4 members (excludes halogenated alkanes) is 2. The standard InChI is InChI=1S/C68H112N12O21S/c1-41(2)59(67(93)79(8)61-43(5)33-46-20-21-49(80(46)57(86)35-50(61)96-9)62(97-10)44(6)64(90)76-47(68(94)95)34-45-17-13-11-14-18-45)77-66(92)60(42(3)4)78(7)56(85)19-15-12-16-23-72-65(91)51(36-58(87)88)102-40-48(63(70)89)75-52(81)22-25-98-27-29-100-31-32-101-30-28-99-26-24-71-54(83)38-74-55(84)39-73-53(82)37-69/h11,13-14,17-18,41-44,46-51,59-62H,12,15-16,19-40,69H2,1-10H3,(H2,70,89)(H,71,83)(H,72,91)(H,73,82)(H,74,84)(H,75,81)(H,76,90)(H,77,92)(H,87,88)(H,94,95)/t43-,44+,46?,47-,48?,49-,50+,51?,59-,60-,61-,62+/m0/s1. The van der Waals surface area contributed by atoms with Crippen LogP contribution in [0.4, 0.5) is 0 Å². The minimum atomic E-state index is -1.27. The Kier molecular flexibility index (Phi) is 41.4. The normalized spacial score (nSPS) is 18.7. The molecule has 2 aliphatic heterocycles. The van der Waals surface area contributed by atoms with E-state index in [4.69, 9.17) is 39.9 Å². The van der Waals surface area contributed by atoms with Crippen LogP contribution in [-0.2, 0) is 97.2 Å². The number of rotatable bonds is 50. The first-order chi connectivity index (χ1) is 48.5. The molecule has 1 aromatic carbocycles. The number of nitrogens with two attached hydrogens (primary N) is 2. The van der Waals surface area contributed by atoms with Crippen LogP contribution in [0.1, 0.15) is 111 Å². The number of fused-ring (bicyclic) bond motifs is 1. The summed E-state index contributed by atoms with van der Waals surface area (Å²) in [6.07, 6.45) is 0.574. The zero-order valence-corrected chi connectivity index (χ0v) is 61.5. The highest BCUT2D eigenvalue weighted by molar-refractivity contribution is 8.00. The van der Waals surface area contributed by atoms with Crippen molar-refractivity contribution in [3.8, 4) is 0 Å². The average molecular weight is 1470 g/mol.